The van der Waals surface area contributed by atoms with Crippen molar-refractivity contribution >= 4 is 11.8 Å². The van der Waals surface area contributed by atoms with Gasteiger partial charge < -0.3 is 9.84 Å². The molecule has 0 saturated heterocycles. The molecule has 138 valence electrons. The Morgan fingerprint density at radius 3 is 2.80 bits per heavy atom. The maximum absolute atomic E-state index is 10.5. The normalized spacial score (nSPS) is 29.6. The summed E-state index contributed by atoms with van der Waals surface area (Å²) in [6, 6.07) is 2.01. The van der Waals surface area contributed by atoms with Gasteiger partial charge in [-0.2, -0.15) is 11.8 Å². The Kier molecular flexibility index (Phi) is 4.72. The van der Waals surface area contributed by atoms with Gasteiger partial charge in [0.2, 0.25) is 0 Å². The zero-order valence-electron chi connectivity index (χ0n) is 15.9. The molecule has 0 aromatic heterocycles. The van der Waals surface area contributed by atoms with Crippen LogP contribution in [-0.2, 0) is 6.42 Å². The first-order valence-corrected chi connectivity index (χ1v) is 11.3. The third-order valence-corrected chi connectivity index (χ3v) is 7.86. The number of aromatic hydroxyl groups is 1. The zero-order valence-corrected chi connectivity index (χ0v) is 16.8. The van der Waals surface area contributed by atoms with E-state index in [-0.39, 0.29) is 5.60 Å². The van der Waals surface area contributed by atoms with Gasteiger partial charge in [0.1, 0.15) is 17.1 Å². The van der Waals surface area contributed by atoms with E-state index in [0.717, 1.165) is 30.9 Å². The number of rotatable bonds is 6. The summed E-state index contributed by atoms with van der Waals surface area (Å²) in [6.07, 6.45) is 8.24. The van der Waals surface area contributed by atoms with Crippen LogP contribution in [0.4, 0.5) is 0 Å². The van der Waals surface area contributed by atoms with E-state index in [1.54, 1.807) is 0 Å². The minimum atomic E-state index is -0.0298. The Balaban J connectivity index is 1.48. The summed E-state index contributed by atoms with van der Waals surface area (Å²) in [5.74, 6) is 6.18. The number of hydrogen-bond acceptors (Lipinski definition) is 3. The first-order chi connectivity index (χ1) is 12.0. The molecule has 4 rings (SSSR count). The minimum Gasteiger partial charge on any atom is -0.508 e. The number of hydrogen-bond donors (Lipinski definition) is 1. The fraction of sp³-hybridized carbons (Fsp3) is 0.727. The highest BCUT2D eigenvalue weighted by Gasteiger charge is 2.44. The minimum absolute atomic E-state index is 0.0298. The van der Waals surface area contributed by atoms with Crippen molar-refractivity contribution in [1.82, 2.24) is 0 Å². The molecule has 1 N–H and O–H groups in total. The molecule has 2 bridgehead atoms. The number of phenols is 1. The third-order valence-electron chi connectivity index (χ3n) is 6.38. The van der Waals surface area contributed by atoms with Gasteiger partial charge >= 0.3 is 0 Å². The second-order valence-electron chi connectivity index (χ2n) is 9.04. The lowest BCUT2D eigenvalue weighted by molar-refractivity contribution is 0.0540. The van der Waals surface area contributed by atoms with E-state index in [0.29, 0.717) is 17.6 Å². The van der Waals surface area contributed by atoms with Crippen LogP contribution >= 0.6 is 11.8 Å². The molecule has 1 heterocycles. The second kappa shape index (κ2) is 6.72. The van der Waals surface area contributed by atoms with Crippen LogP contribution in [0.15, 0.2) is 6.07 Å². The maximum Gasteiger partial charge on any atom is 0.127 e. The van der Waals surface area contributed by atoms with Crippen molar-refractivity contribution < 1.29 is 9.84 Å². The summed E-state index contributed by atoms with van der Waals surface area (Å²) < 4.78 is 6.68. The molecule has 25 heavy (non-hydrogen) atoms. The molecule has 2 nitrogen and oxygen atoms in total. The van der Waals surface area contributed by atoms with Crippen LogP contribution < -0.4 is 4.74 Å². The Bertz CT molecular complexity index is 654. The first-order valence-electron chi connectivity index (χ1n) is 10.1. The van der Waals surface area contributed by atoms with Gasteiger partial charge in [0.05, 0.1) is 0 Å². The first kappa shape index (κ1) is 17.6. The van der Waals surface area contributed by atoms with Gasteiger partial charge in [-0.3, -0.25) is 0 Å². The highest BCUT2D eigenvalue weighted by molar-refractivity contribution is 7.99. The lowest BCUT2D eigenvalue weighted by Crippen LogP contribution is -2.37. The summed E-state index contributed by atoms with van der Waals surface area (Å²) >= 11 is 2.08. The van der Waals surface area contributed by atoms with E-state index < -0.39 is 0 Å². The Labute approximate surface area is 156 Å². The van der Waals surface area contributed by atoms with E-state index in [1.807, 2.05) is 6.07 Å². The van der Waals surface area contributed by atoms with Gasteiger partial charge in [-0.25, -0.2) is 0 Å². The molecule has 1 fully saturated rings. The summed E-state index contributed by atoms with van der Waals surface area (Å²) in [6.45, 7) is 6.88. The predicted octanol–water partition coefficient (Wildman–Crippen LogP) is 6.01. The van der Waals surface area contributed by atoms with Crippen molar-refractivity contribution in [2.24, 2.45) is 5.92 Å². The van der Waals surface area contributed by atoms with Crippen LogP contribution in [-0.4, -0.2) is 22.2 Å². The summed E-state index contributed by atoms with van der Waals surface area (Å²) in [4.78, 5) is 0. The molecular weight excluding hydrogens is 328 g/mol. The van der Waals surface area contributed by atoms with Crippen molar-refractivity contribution in [2.75, 3.05) is 11.5 Å². The fourth-order valence-corrected chi connectivity index (χ4v) is 6.11. The standard InChI is InChI=1S/C22H32O2S/c1-14(2)13-25-10-4-8-22(3)9-7-17-12-18(23)19-15-5-6-16(11-15)20(19)21(17)24-22/h12,14-16,23H,4-11,13H2,1-3H3. The van der Waals surface area contributed by atoms with Gasteiger partial charge in [-0.15, -0.1) is 0 Å². The summed E-state index contributed by atoms with van der Waals surface area (Å²) in [7, 11) is 0. The topological polar surface area (TPSA) is 29.5 Å². The number of ether oxygens (including phenoxy) is 1. The highest BCUT2D eigenvalue weighted by Crippen LogP contribution is 2.60. The lowest BCUT2D eigenvalue weighted by Gasteiger charge is -2.38. The molecule has 3 atom stereocenters. The summed E-state index contributed by atoms with van der Waals surface area (Å²) in [5, 5.41) is 10.5. The molecule has 1 aromatic rings. The summed E-state index contributed by atoms with van der Waals surface area (Å²) in [5.41, 5.74) is 3.83. The largest absolute Gasteiger partial charge is 0.508 e. The number of aryl methyl sites for hydroxylation is 1. The maximum atomic E-state index is 10.5. The molecular formula is C22H32O2S. The van der Waals surface area contributed by atoms with Crippen LogP contribution in [0.3, 0.4) is 0 Å². The lowest BCUT2D eigenvalue weighted by atomic mass is 9.83. The van der Waals surface area contributed by atoms with E-state index in [1.165, 1.54) is 53.9 Å². The number of phenolic OH excluding ortho intramolecular Hbond substituents is 1. The van der Waals surface area contributed by atoms with E-state index >= 15 is 0 Å². The van der Waals surface area contributed by atoms with Crippen molar-refractivity contribution in [3.05, 3.63) is 22.8 Å². The average Bonchev–Trinajstić information content (AvgIpc) is 3.17. The van der Waals surface area contributed by atoms with Gasteiger partial charge in [0, 0.05) is 11.1 Å². The molecule has 1 saturated carbocycles. The van der Waals surface area contributed by atoms with Gasteiger partial charge in [-0.05, 0) is 92.8 Å². The smallest absolute Gasteiger partial charge is 0.127 e. The molecule has 0 amide bonds. The van der Waals surface area contributed by atoms with E-state index in [4.69, 9.17) is 4.74 Å². The van der Waals surface area contributed by atoms with Crippen LogP contribution in [0.2, 0.25) is 0 Å². The van der Waals surface area contributed by atoms with Crippen LogP contribution in [0.25, 0.3) is 0 Å². The SMILES string of the molecule is CC(C)CSCCCC1(C)CCc2cc(O)c3c(c2O1)C1CCC3C1. The van der Waals surface area contributed by atoms with Crippen molar-refractivity contribution in [2.45, 2.75) is 83.2 Å². The van der Waals surface area contributed by atoms with E-state index in [9.17, 15) is 5.11 Å². The third kappa shape index (κ3) is 3.29. The van der Waals surface area contributed by atoms with Crippen LogP contribution in [0, 0.1) is 5.92 Å². The number of benzene rings is 1. The van der Waals surface area contributed by atoms with Crippen LogP contribution in [0.5, 0.6) is 11.5 Å². The molecule has 3 heteroatoms. The van der Waals surface area contributed by atoms with E-state index in [2.05, 4.69) is 32.5 Å². The number of fused-ring (bicyclic) bond motifs is 7. The molecule has 1 aliphatic heterocycles. The zero-order chi connectivity index (χ0) is 17.6. The Morgan fingerprint density at radius 1 is 1.28 bits per heavy atom. The molecule has 0 spiro atoms. The van der Waals surface area contributed by atoms with Crippen molar-refractivity contribution in [3.63, 3.8) is 0 Å². The van der Waals surface area contributed by atoms with Crippen molar-refractivity contribution in [3.8, 4) is 11.5 Å². The molecule has 2 aliphatic carbocycles. The fourth-order valence-electron chi connectivity index (χ4n) is 5.13. The second-order valence-corrected chi connectivity index (χ2v) is 10.2. The van der Waals surface area contributed by atoms with Gasteiger partial charge in [0.25, 0.3) is 0 Å². The van der Waals surface area contributed by atoms with Gasteiger partial charge in [-0.1, -0.05) is 13.8 Å². The average molecular weight is 361 g/mol. The molecule has 3 unspecified atom stereocenters. The predicted molar refractivity (Wildman–Crippen MR) is 106 cm³/mol. The molecule has 0 radical (unpaired) electrons. The van der Waals surface area contributed by atoms with Crippen molar-refractivity contribution in [1.29, 1.82) is 0 Å². The monoisotopic (exact) mass is 360 g/mol. The van der Waals surface area contributed by atoms with Gasteiger partial charge in [0.15, 0.2) is 0 Å². The molecule has 1 aromatic carbocycles. The number of thioether (sulfide) groups is 1. The molecule has 3 aliphatic rings. The van der Waals surface area contributed by atoms with Crippen LogP contribution in [0.1, 0.15) is 87.8 Å². The highest BCUT2D eigenvalue weighted by atomic mass is 32.2. The Hall–Kier alpha value is -0.830. The Morgan fingerprint density at radius 2 is 2.04 bits per heavy atom. The quantitative estimate of drug-likeness (QED) is 0.630.